The molecule has 1 saturated heterocycles. The summed E-state index contributed by atoms with van der Waals surface area (Å²) in [7, 11) is 7.05. The molecule has 1 fully saturated rings. The molecule has 19 heavy (non-hydrogen) atoms. The zero-order valence-electron chi connectivity index (χ0n) is 14.2. The highest BCUT2D eigenvalue weighted by Gasteiger charge is 2.16. The van der Waals surface area contributed by atoms with Crippen molar-refractivity contribution in [1.82, 2.24) is 9.80 Å². The van der Waals surface area contributed by atoms with E-state index in [1.807, 2.05) is 51.6 Å². The maximum Gasteiger partial charge on any atom is 0.236 e. The highest BCUT2D eigenvalue weighted by atomic mass is 16.5. The lowest BCUT2D eigenvalue weighted by atomic mass is 10.4. The first kappa shape index (κ1) is 23.4. The molecule has 0 bridgehead atoms. The molecular formula is C14H34N2O3. The molecule has 0 saturated carbocycles. The van der Waals surface area contributed by atoms with Crippen molar-refractivity contribution in [2.24, 2.45) is 0 Å². The molecule has 1 aliphatic heterocycles. The molecule has 5 nitrogen and oxygen atoms in total. The normalized spacial score (nSPS) is 13.2. The second kappa shape index (κ2) is 19.7. The Morgan fingerprint density at radius 1 is 1.11 bits per heavy atom. The Morgan fingerprint density at radius 2 is 1.47 bits per heavy atom. The monoisotopic (exact) mass is 278 g/mol. The van der Waals surface area contributed by atoms with Crippen LogP contribution in [0, 0.1) is 0 Å². The maximum absolute atomic E-state index is 11.4. The fourth-order valence-corrected chi connectivity index (χ4v) is 1.18. The van der Waals surface area contributed by atoms with E-state index in [-0.39, 0.29) is 5.91 Å². The van der Waals surface area contributed by atoms with Crippen molar-refractivity contribution < 1.29 is 14.3 Å². The predicted molar refractivity (Wildman–Crippen MR) is 81.6 cm³/mol. The standard InChI is InChI=1S/C8H16N2O2.C2H6O.2C2H6/c1-9(2)7-8(11)10-3-5-12-6-4-10;1-3-2;2*1-2/h3-7H2,1-2H3;1-2H3;2*1-2H3. The van der Waals surface area contributed by atoms with E-state index >= 15 is 0 Å². The first-order chi connectivity index (χ1) is 9.11. The van der Waals surface area contributed by atoms with Crippen LogP contribution in [0.3, 0.4) is 0 Å². The number of hydrogen-bond donors (Lipinski definition) is 0. The minimum absolute atomic E-state index is 0.198. The van der Waals surface area contributed by atoms with Gasteiger partial charge in [-0.15, -0.1) is 0 Å². The van der Waals surface area contributed by atoms with E-state index in [4.69, 9.17) is 4.74 Å². The SMILES string of the molecule is CC.CC.CN(C)CC(=O)N1CCOCC1.COC. The number of hydrogen-bond acceptors (Lipinski definition) is 4. The molecular weight excluding hydrogens is 244 g/mol. The second-order valence-corrected chi connectivity index (χ2v) is 3.64. The van der Waals surface area contributed by atoms with Gasteiger partial charge in [-0.05, 0) is 14.1 Å². The number of likely N-dealkylation sites (N-methyl/N-ethyl adjacent to an activating group) is 1. The van der Waals surface area contributed by atoms with Crippen LogP contribution in [0.4, 0.5) is 0 Å². The van der Waals surface area contributed by atoms with Crippen LogP contribution in [-0.2, 0) is 14.3 Å². The van der Waals surface area contributed by atoms with E-state index < -0.39 is 0 Å². The van der Waals surface area contributed by atoms with Crippen molar-refractivity contribution in [3.05, 3.63) is 0 Å². The van der Waals surface area contributed by atoms with Crippen LogP contribution in [0.2, 0.25) is 0 Å². The lowest BCUT2D eigenvalue weighted by Gasteiger charge is -2.27. The summed E-state index contributed by atoms with van der Waals surface area (Å²) in [5.41, 5.74) is 0. The molecule has 1 heterocycles. The minimum Gasteiger partial charge on any atom is -0.388 e. The first-order valence-corrected chi connectivity index (χ1v) is 7.02. The zero-order chi connectivity index (χ0) is 15.7. The van der Waals surface area contributed by atoms with Gasteiger partial charge in [0.25, 0.3) is 0 Å². The lowest BCUT2D eigenvalue weighted by molar-refractivity contribution is -0.135. The first-order valence-electron chi connectivity index (χ1n) is 7.02. The highest BCUT2D eigenvalue weighted by Crippen LogP contribution is 1.97. The summed E-state index contributed by atoms with van der Waals surface area (Å²) in [6.45, 7) is 11.3. The lowest BCUT2D eigenvalue weighted by Crippen LogP contribution is -2.44. The Hall–Kier alpha value is -0.650. The van der Waals surface area contributed by atoms with Crippen LogP contribution in [-0.4, -0.2) is 76.9 Å². The van der Waals surface area contributed by atoms with Crippen LogP contribution in [0.5, 0.6) is 0 Å². The number of carbonyl (C=O) groups excluding carboxylic acids is 1. The van der Waals surface area contributed by atoms with E-state index in [2.05, 4.69) is 4.74 Å². The van der Waals surface area contributed by atoms with Gasteiger partial charge in [-0.1, -0.05) is 27.7 Å². The third-order valence-electron chi connectivity index (χ3n) is 1.82. The molecule has 0 unspecified atom stereocenters. The molecule has 0 atom stereocenters. The third-order valence-corrected chi connectivity index (χ3v) is 1.82. The van der Waals surface area contributed by atoms with Crippen LogP contribution in [0.25, 0.3) is 0 Å². The summed E-state index contributed by atoms with van der Waals surface area (Å²) in [4.78, 5) is 15.2. The van der Waals surface area contributed by atoms with Crippen molar-refractivity contribution in [1.29, 1.82) is 0 Å². The highest BCUT2D eigenvalue weighted by molar-refractivity contribution is 5.78. The van der Waals surface area contributed by atoms with Gasteiger partial charge in [-0.3, -0.25) is 4.79 Å². The van der Waals surface area contributed by atoms with Crippen molar-refractivity contribution >= 4 is 5.91 Å². The number of nitrogens with zero attached hydrogens (tertiary/aromatic N) is 2. The zero-order valence-corrected chi connectivity index (χ0v) is 14.2. The molecule has 118 valence electrons. The smallest absolute Gasteiger partial charge is 0.236 e. The van der Waals surface area contributed by atoms with Crippen LogP contribution < -0.4 is 0 Å². The molecule has 0 spiro atoms. The van der Waals surface area contributed by atoms with Crippen LogP contribution in [0.15, 0.2) is 0 Å². The molecule has 1 aliphatic rings. The fraction of sp³-hybridized carbons (Fsp3) is 0.929. The van der Waals surface area contributed by atoms with Gasteiger partial charge in [0.1, 0.15) is 0 Å². The Kier molecular flexibility index (Phi) is 24.3. The quantitative estimate of drug-likeness (QED) is 0.771. The van der Waals surface area contributed by atoms with Crippen LogP contribution >= 0.6 is 0 Å². The van der Waals surface area contributed by atoms with Gasteiger partial charge in [0.05, 0.1) is 19.8 Å². The number of carbonyl (C=O) groups is 1. The molecule has 1 rings (SSSR count). The minimum atomic E-state index is 0.198. The van der Waals surface area contributed by atoms with Crippen molar-refractivity contribution in [2.45, 2.75) is 27.7 Å². The predicted octanol–water partition coefficient (Wildman–Crippen LogP) is 1.72. The summed E-state index contributed by atoms with van der Waals surface area (Å²) >= 11 is 0. The fourth-order valence-electron chi connectivity index (χ4n) is 1.18. The van der Waals surface area contributed by atoms with E-state index in [0.717, 1.165) is 13.1 Å². The molecule has 0 aromatic carbocycles. The van der Waals surface area contributed by atoms with Gasteiger partial charge in [-0.25, -0.2) is 0 Å². The maximum atomic E-state index is 11.4. The average Bonchev–Trinajstić information content (AvgIpc) is 2.44. The van der Waals surface area contributed by atoms with Crippen molar-refractivity contribution in [2.75, 3.05) is 61.2 Å². The number of rotatable bonds is 2. The average molecular weight is 278 g/mol. The summed E-state index contributed by atoms with van der Waals surface area (Å²) in [6.07, 6.45) is 0. The van der Waals surface area contributed by atoms with E-state index in [1.54, 1.807) is 14.2 Å². The van der Waals surface area contributed by atoms with Crippen LogP contribution in [0.1, 0.15) is 27.7 Å². The third kappa shape index (κ3) is 17.4. The number of ether oxygens (including phenoxy) is 2. The van der Waals surface area contributed by atoms with Gasteiger partial charge >= 0.3 is 0 Å². The molecule has 5 heteroatoms. The van der Waals surface area contributed by atoms with Crippen molar-refractivity contribution in [3.63, 3.8) is 0 Å². The van der Waals surface area contributed by atoms with E-state index in [9.17, 15) is 4.79 Å². The van der Waals surface area contributed by atoms with Crippen molar-refractivity contribution in [3.8, 4) is 0 Å². The molecule has 0 N–H and O–H groups in total. The Morgan fingerprint density at radius 3 is 1.79 bits per heavy atom. The Balaban J connectivity index is -0.000000313. The van der Waals surface area contributed by atoms with Gasteiger partial charge in [-0.2, -0.15) is 0 Å². The summed E-state index contributed by atoms with van der Waals surface area (Å²) in [5, 5.41) is 0. The molecule has 0 aromatic rings. The number of methoxy groups -OCH3 is 1. The number of morpholine rings is 1. The number of amides is 1. The topological polar surface area (TPSA) is 42.0 Å². The Bertz CT molecular complexity index is 170. The summed E-state index contributed by atoms with van der Waals surface area (Å²) in [5.74, 6) is 0.198. The van der Waals surface area contributed by atoms with Gasteiger partial charge in [0.15, 0.2) is 0 Å². The summed E-state index contributed by atoms with van der Waals surface area (Å²) in [6, 6.07) is 0. The van der Waals surface area contributed by atoms with E-state index in [0.29, 0.717) is 19.8 Å². The van der Waals surface area contributed by atoms with Gasteiger partial charge < -0.3 is 19.3 Å². The molecule has 0 aliphatic carbocycles. The van der Waals surface area contributed by atoms with Gasteiger partial charge in [0, 0.05) is 27.3 Å². The summed E-state index contributed by atoms with van der Waals surface area (Å²) < 4.78 is 9.40. The molecule has 0 radical (unpaired) electrons. The van der Waals surface area contributed by atoms with E-state index in [1.165, 1.54) is 0 Å². The second-order valence-electron chi connectivity index (χ2n) is 3.64. The van der Waals surface area contributed by atoms with Gasteiger partial charge in [0.2, 0.25) is 5.91 Å². The molecule has 0 aromatic heterocycles. The largest absolute Gasteiger partial charge is 0.388 e. The Labute approximate surface area is 119 Å². The molecule has 1 amide bonds.